The zero-order valence-corrected chi connectivity index (χ0v) is 12.9. The van der Waals surface area contributed by atoms with Crippen LogP contribution in [0.2, 0.25) is 0 Å². The van der Waals surface area contributed by atoms with Crippen LogP contribution in [0.25, 0.3) is 0 Å². The number of alkyl halides is 20. The van der Waals surface area contributed by atoms with Crippen molar-refractivity contribution in [3.05, 3.63) is 0 Å². The molecule has 0 aliphatic carbocycles. The molecule has 0 saturated carbocycles. The van der Waals surface area contributed by atoms with Gasteiger partial charge in [0.05, 0.1) is 0 Å². The molecule has 4 unspecified atom stereocenters. The average molecular weight is 504 g/mol. The summed E-state index contributed by atoms with van der Waals surface area (Å²) in [6.07, 6.45) is -45.2. The zero-order chi connectivity index (χ0) is 25.3. The SMILES string of the molecule is FC(C(F)C(F)(F)C(F)(F)F)C(F)(F)F.FC(C(F)C(F)(F)C(F)(F)F)C(F)(F)F. The number of hydrogen-bond donors (Lipinski definition) is 0. The van der Waals surface area contributed by atoms with Crippen LogP contribution in [0.4, 0.5) is 87.8 Å². The van der Waals surface area contributed by atoms with E-state index in [1.165, 1.54) is 0 Å². The maximum Gasteiger partial charge on any atom is 0.456 e. The topological polar surface area (TPSA) is 0 Å². The Kier molecular flexibility index (Phi) is 9.23. The Labute approximate surface area is 150 Å². The van der Waals surface area contributed by atoms with Crippen LogP contribution >= 0.6 is 0 Å². The van der Waals surface area contributed by atoms with Crippen LogP contribution in [0.1, 0.15) is 0 Å². The molecule has 4 atom stereocenters. The number of hydrogen-bond acceptors (Lipinski definition) is 0. The fourth-order valence-electron chi connectivity index (χ4n) is 1.01. The first kappa shape index (κ1) is 30.8. The molecule has 0 rings (SSSR count). The quantitative estimate of drug-likeness (QED) is 0.368. The van der Waals surface area contributed by atoms with Gasteiger partial charge in [-0.1, -0.05) is 0 Å². The van der Waals surface area contributed by atoms with Gasteiger partial charge in [0.15, 0.2) is 0 Å². The van der Waals surface area contributed by atoms with E-state index in [1.54, 1.807) is 0 Å². The van der Waals surface area contributed by atoms with Crippen LogP contribution in [0.3, 0.4) is 0 Å². The average Bonchev–Trinajstić information content (AvgIpc) is 2.48. The van der Waals surface area contributed by atoms with Crippen molar-refractivity contribution in [1.29, 1.82) is 0 Å². The predicted octanol–water partition coefficient (Wildman–Crippen LogP) is 6.85. The maximum absolute atomic E-state index is 12.0. The van der Waals surface area contributed by atoms with E-state index in [-0.39, 0.29) is 0 Å². The molecule has 184 valence electrons. The van der Waals surface area contributed by atoms with E-state index in [9.17, 15) is 87.8 Å². The summed E-state index contributed by atoms with van der Waals surface area (Å²) in [5.74, 6) is -12.8. The van der Waals surface area contributed by atoms with Gasteiger partial charge in [0.2, 0.25) is 24.7 Å². The van der Waals surface area contributed by atoms with Crippen LogP contribution in [-0.4, -0.2) is 61.2 Å². The molecule has 0 fully saturated rings. The Balaban J connectivity index is 0. The van der Waals surface area contributed by atoms with E-state index in [0.29, 0.717) is 0 Å². The van der Waals surface area contributed by atoms with Crippen molar-refractivity contribution in [2.45, 2.75) is 61.2 Å². The van der Waals surface area contributed by atoms with Gasteiger partial charge in [-0.3, -0.25) is 0 Å². The van der Waals surface area contributed by atoms with E-state index in [2.05, 4.69) is 0 Å². The van der Waals surface area contributed by atoms with E-state index in [4.69, 9.17) is 0 Å². The fraction of sp³-hybridized carbons (Fsp3) is 1.00. The largest absolute Gasteiger partial charge is 0.456 e. The van der Waals surface area contributed by atoms with Gasteiger partial charge in [0, 0.05) is 0 Å². The summed E-state index contributed by atoms with van der Waals surface area (Å²) in [5, 5.41) is 0. The molecular weight excluding hydrogens is 500 g/mol. The highest BCUT2D eigenvalue weighted by Gasteiger charge is 2.70. The second-order valence-corrected chi connectivity index (χ2v) is 4.93. The first-order valence-electron chi connectivity index (χ1n) is 6.22. The number of rotatable bonds is 4. The van der Waals surface area contributed by atoms with Gasteiger partial charge in [-0.15, -0.1) is 0 Å². The Morgan fingerprint density at radius 1 is 0.300 bits per heavy atom. The highest BCUT2D eigenvalue weighted by molar-refractivity contribution is 4.92. The smallest absolute Gasteiger partial charge is 0.237 e. The molecule has 0 N–H and O–H groups in total. The van der Waals surface area contributed by atoms with Crippen molar-refractivity contribution < 1.29 is 87.8 Å². The van der Waals surface area contributed by atoms with Crippen LogP contribution in [0.15, 0.2) is 0 Å². The Bertz CT molecular complexity index is 470. The molecule has 0 nitrogen and oxygen atoms in total. The molecule has 0 radical (unpaired) electrons. The normalized spacial score (nSPS) is 18.8. The first-order valence-corrected chi connectivity index (χ1v) is 6.22. The lowest BCUT2D eigenvalue weighted by Crippen LogP contribution is -2.52. The zero-order valence-electron chi connectivity index (χ0n) is 12.9. The lowest BCUT2D eigenvalue weighted by molar-refractivity contribution is -0.324. The summed E-state index contributed by atoms with van der Waals surface area (Å²) in [4.78, 5) is 0. The van der Waals surface area contributed by atoms with Gasteiger partial charge in [0.25, 0.3) is 0 Å². The van der Waals surface area contributed by atoms with E-state index in [1.807, 2.05) is 0 Å². The molecule has 0 aromatic heterocycles. The molecule has 0 aromatic carbocycles. The molecule has 0 bridgehead atoms. The summed E-state index contributed by atoms with van der Waals surface area (Å²) in [6, 6.07) is 0. The van der Waals surface area contributed by atoms with Crippen molar-refractivity contribution in [3.63, 3.8) is 0 Å². The van der Waals surface area contributed by atoms with Gasteiger partial charge in [0.1, 0.15) is 0 Å². The Hall–Kier alpha value is -1.40. The summed E-state index contributed by atoms with van der Waals surface area (Å²) in [6.45, 7) is 0. The van der Waals surface area contributed by atoms with Gasteiger partial charge in [-0.2, -0.15) is 70.2 Å². The second kappa shape index (κ2) is 8.99. The molecule has 0 saturated heterocycles. The third-order valence-corrected chi connectivity index (χ3v) is 2.59. The summed E-state index contributed by atoms with van der Waals surface area (Å²) >= 11 is 0. The van der Waals surface area contributed by atoms with E-state index < -0.39 is 61.2 Å². The number of halogens is 20. The van der Waals surface area contributed by atoms with Crippen LogP contribution in [0, 0.1) is 0 Å². The van der Waals surface area contributed by atoms with E-state index >= 15 is 0 Å². The second-order valence-electron chi connectivity index (χ2n) is 4.93. The monoisotopic (exact) mass is 504 g/mol. The van der Waals surface area contributed by atoms with Crippen molar-refractivity contribution in [3.8, 4) is 0 Å². The van der Waals surface area contributed by atoms with Crippen LogP contribution < -0.4 is 0 Å². The lowest BCUT2D eigenvalue weighted by atomic mass is 10.1. The molecule has 0 aliphatic rings. The third kappa shape index (κ3) is 7.38. The minimum atomic E-state index is -6.58. The van der Waals surface area contributed by atoms with Crippen molar-refractivity contribution in [1.82, 2.24) is 0 Å². The van der Waals surface area contributed by atoms with Crippen LogP contribution in [-0.2, 0) is 0 Å². The molecule has 0 amide bonds. The Morgan fingerprint density at radius 2 is 0.467 bits per heavy atom. The maximum atomic E-state index is 12.0. The molecule has 0 aliphatic heterocycles. The molecule has 20 heteroatoms. The highest BCUT2D eigenvalue weighted by Crippen LogP contribution is 2.45. The summed E-state index contributed by atoms with van der Waals surface area (Å²) < 4.78 is 231. The molecular formula is C10H4F20. The Morgan fingerprint density at radius 3 is 0.567 bits per heavy atom. The van der Waals surface area contributed by atoms with Crippen molar-refractivity contribution in [2.75, 3.05) is 0 Å². The minimum absolute atomic E-state index is 4.89. The van der Waals surface area contributed by atoms with Gasteiger partial charge >= 0.3 is 36.6 Å². The highest BCUT2D eigenvalue weighted by atomic mass is 19.4. The first-order chi connectivity index (χ1) is 12.6. The summed E-state index contributed by atoms with van der Waals surface area (Å²) in [5.41, 5.74) is 0. The van der Waals surface area contributed by atoms with Crippen molar-refractivity contribution >= 4 is 0 Å². The molecule has 0 heterocycles. The van der Waals surface area contributed by atoms with Gasteiger partial charge in [-0.25, -0.2) is 17.6 Å². The van der Waals surface area contributed by atoms with Crippen molar-refractivity contribution in [2.24, 2.45) is 0 Å². The summed E-state index contributed by atoms with van der Waals surface area (Å²) in [7, 11) is 0. The van der Waals surface area contributed by atoms with E-state index in [0.717, 1.165) is 0 Å². The van der Waals surface area contributed by atoms with Gasteiger partial charge in [-0.05, 0) is 0 Å². The lowest BCUT2D eigenvalue weighted by Gasteiger charge is -2.26. The van der Waals surface area contributed by atoms with Crippen LogP contribution in [0.5, 0.6) is 0 Å². The standard InChI is InChI=1S/2C5H2F10/c2*6-1(2(7)4(10,11)12)3(8,9)5(13,14)15/h2*1-2H. The minimum Gasteiger partial charge on any atom is -0.237 e. The fourth-order valence-corrected chi connectivity index (χ4v) is 1.01. The predicted molar refractivity (Wildman–Crippen MR) is 53.7 cm³/mol. The molecule has 30 heavy (non-hydrogen) atoms. The molecule has 0 spiro atoms. The van der Waals surface area contributed by atoms with Gasteiger partial charge < -0.3 is 0 Å². The third-order valence-electron chi connectivity index (χ3n) is 2.59. The molecule has 0 aromatic rings.